The lowest BCUT2D eigenvalue weighted by atomic mass is 10.0. The number of nitrogens with one attached hydrogen (secondary N) is 1. The van der Waals surface area contributed by atoms with E-state index < -0.39 is 40.8 Å². The Kier molecular flexibility index (Phi) is 6.35. The Bertz CT molecular complexity index is 1390. The number of fused-ring (bicyclic) bond motifs is 1. The maximum absolute atomic E-state index is 13.4. The zero-order chi connectivity index (χ0) is 25.6. The molecule has 7 nitrogen and oxygen atoms in total. The molecule has 2 fully saturated rings. The van der Waals surface area contributed by atoms with E-state index in [4.69, 9.17) is 0 Å². The van der Waals surface area contributed by atoms with E-state index in [1.54, 1.807) is 24.3 Å². The number of thioether (sulfide) groups is 1. The molecular formula is C24H20F4N4O3S. The number of alkyl halides is 3. The minimum Gasteiger partial charge on any atom is -0.390 e. The number of hydrogen-bond acceptors (Lipinski definition) is 6. The minimum absolute atomic E-state index is 0.119. The van der Waals surface area contributed by atoms with Gasteiger partial charge in [-0.1, -0.05) is 12.1 Å². The molecule has 0 aliphatic carbocycles. The first kappa shape index (κ1) is 24.5. The lowest BCUT2D eigenvalue weighted by Crippen LogP contribution is -2.54. The van der Waals surface area contributed by atoms with Crippen LogP contribution in [0.5, 0.6) is 0 Å². The van der Waals surface area contributed by atoms with Crippen LogP contribution in [0.1, 0.15) is 23.1 Å². The second-order valence-electron chi connectivity index (χ2n) is 8.60. The van der Waals surface area contributed by atoms with E-state index in [1.165, 1.54) is 10.9 Å². The van der Waals surface area contributed by atoms with Gasteiger partial charge in [0, 0.05) is 11.9 Å². The fourth-order valence-electron chi connectivity index (χ4n) is 4.48. The number of aliphatic hydroxyl groups is 1. The molecule has 0 bridgehead atoms. The highest BCUT2D eigenvalue weighted by molar-refractivity contribution is 8.18. The van der Waals surface area contributed by atoms with Crippen molar-refractivity contribution in [2.75, 3.05) is 13.1 Å². The summed E-state index contributed by atoms with van der Waals surface area (Å²) >= 11 is 0.799. The largest absolute Gasteiger partial charge is 0.416 e. The number of nitrogens with zero attached hydrogens (tertiary/aromatic N) is 3. The predicted octanol–water partition coefficient (Wildman–Crippen LogP) is 4.00. The van der Waals surface area contributed by atoms with Gasteiger partial charge in [0.1, 0.15) is 5.82 Å². The normalized spacial score (nSPS) is 22.2. The summed E-state index contributed by atoms with van der Waals surface area (Å²) in [5.74, 6) is -1.44. The average molecular weight is 521 g/mol. The average Bonchev–Trinajstić information content (AvgIpc) is 3.34. The highest BCUT2D eigenvalue weighted by Crippen LogP contribution is 2.36. The van der Waals surface area contributed by atoms with E-state index in [9.17, 15) is 32.3 Å². The maximum atomic E-state index is 13.4. The van der Waals surface area contributed by atoms with E-state index in [2.05, 4.69) is 10.4 Å². The topological polar surface area (TPSA) is 87.5 Å². The summed E-state index contributed by atoms with van der Waals surface area (Å²) in [6.07, 6.45) is -2.03. The van der Waals surface area contributed by atoms with E-state index >= 15 is 0 Å². The number of aliphatic hydroxyl groups excluding tert-OH is 1. The molecule has 3 heterocycles. The molecule has 0 radical (unpaired) electrons. The van der Waals surface area contributed by atoms with Crippen molar-refractivity contribution in [3.05, 3.63) is 70.0 Å². The first-order valence-electron chi connectivity index (χ1n) is 11.1. The number of hydrogen-bond donors (Lipinski definition) is 2. The van der Waals surface area contributed by atoms with Crippen molar-refractivity contribution in [2.45, 2.75) is 31.3 Å². The van der Waals surface area contributed by atoms with Crippen molar-refractivity contribution >= 4 is 39.9 Å². The molecule has 2 aliphatic rings. The van der Waals surface area contributed by atoms with Crippen molar-refractivity contribution in [3.63, 3.8) is 0 Å². The van der Waals surface area contributed by atoms with Gasteiger partial charge in [0.05, 0.1) is 40.9 Å². The Morgan fingerprint density at radius 1 is 1.19 bits per heavy atom. The Morgan fingerprint density at radius 3 is 2.75 bits per heavy atom. The van der Waals surface area contributed by atoms with Crippen LogP contribution in [0.25, 0.3) is 17.0 Å². The summed E-state index contributed by atoms with van der Waals surface area (Å²) in [4.78, 5) is 26.8. The number of amides is 2. The fourth-order valence-corrected chi connectivity index (χ4v) is 5.37. The van der Waals surface area contributed by atoms with Crippen LogP contribution in [0.3, 0.4) is 0 Å². The zero-order valence-corrected chi connectivity index (χ0v) is 19.4. The number of carbonyl (C=O) groups is 2. The van der Waals surface area contributed by atoms with Gasteiger partial charge in [0.15, 0.2) is 0 Å². The van der Waals surface area contributed by atoms with Gasteiger partial charge in [0.25, 0.3) is 11.1 Å². The van der Waals surface area contributed by atoms with E-state index in [0.717, 1.165) is 28.8 Å². The standard InChI is InChI=1S/C24H20F4N4O3S/c25-16-3-2-14(17(9-16)24(26,27)28)12-31-18-4-1-13(7-15(18)10-30-31)8-21-22(34)32(23(35)36-21)19-5-6-29-11-20(19)33/h1-4,7-10,19-20,29,33H,5-6,11-12H2/b21-8-. The quantitative estimate of drug-likeness (QED) is 0.400. The Morgan fingerprint density at radius 2 is 2.00 bits per heavy atom. The van der Waals surface area contributed by atoms with Gasteiger partial charge in [-0.15, -0.1) is 0 Å². The molecule has 2 unspecified atom stereocenters. The van der Waals surface area contributed by atoms with Crippen molar-refractivity contribution in [1.82, 2.24) is 20.0 Å². The predicted molar refractivity (Wildman–Crippen MR) is 125 cm³/mol. The summed E-state index contributed by atoms with van der Waals surface area (Å²) in [7, 11) is 0. The lowest BCUT2D eigenvalue weighted by molar-refractivity contribution is -0.138. The molecule has 2 N–H and O–H groups in total. The third kappa shape index (κ3) is 4.63. The Hall–Kier alpha value is -3.22. The molecule has 2 amide bonds. The van der Waals surface area contributed by atoms with E-state index in [1.807, 2.05) is 0 Å². The molecule has 2 atom stereocenters. The third-order valence-corrected chi connectivity index (χ3v) is 7.11. The lowest BCUT2D eigenvalue weighted by Gasteiger charge is -2.33. The van der Waals surface area contributed by atoms with Crippen LogP contribution >= 0.6 is 11.8 Å². The van der Waals surface area contributed by atoms with Gasteiger partial charge in [-0.2, -0.15) is 18.3 Å². The molecule has 2 saturated heterocycles. The molecule has 0 spiro atoms. The van der Waals surface area contributed by atoms with Crippen molar-refractivity contribution in [2.24, 2.45) is 0 Å². The van der Waals surface area contributed by atoms with Crippen LogP contribution in [0.4, 0.5) is 22.4 Å². The van der Waals surface area contributed by atoms with Gasteiger partial charge in [-0.25, -0.2) is 4.39 Å². The first-order valence-corrected chi connectivity index (χ1v) is 11.9. The minimum atomic E-state index is -4.71. The Labute approximate surface area is 206 Å². The van der Waals surface area contributed by atoms with Gasteiger partial charge >= 0.3 is 6.18 Å². The summed E-state index contributed by atoms with van der Waals surface area (Å²) in [5, 5.41) is 17.6. The summed E-state index contributed by atoms with van der Waals surface area (Å²) < 4.78 is 54.9. The summed E-state index contributed by atoms with van der Waals surface area (Å²) in [6, 6.07) is 6.99. The van der Waals surface area contributed by atoms with Crippen LogP contribution in [0.2, 0.25) is 0 Å². The summed E-state index contributed by atoms with van der Waals surface area (Å²) in [6.45, 7) is 0.676. The number of piperidine rings is 1. The molecule has 1 aromatic heterocycles. The molecule has 12 heteroatoms. The van der Waals surface area contributed by atoms with Crippen molar-refractivity contribution in [1.29, 1.82) is 0 Å². The first-order chi connectivity index (χ1) is 17.1. The molecule has 2 aliphatic heterocycles. The molecule has 0 saturated carbocycles. The SMILES string of the molecule is O=C1S/C(=C\c2ccc3c(cnn3Cc3ccc(F)cc3C(F)(F)F)c2)C(=O)N1C1CCNCC1O. The second-order valence-corrected chi connectivity index (χ2v) is 9.59. The second kappa shape index (κ2) is 9.34. The highest BCUT2D eigenvalue weighted by Gasteiger charge is 2.43. The van der Waals surface area contributed by atoms with Crippen molar-refractivity contribution in [3.8, 4) is 0 Å². The maximum Gasteiger partial charge on any atom is 0.416 e. The molecule has 3 aromatic rings. The smallest absolute Gasteiger partial charge is 0.390 e. The van der Waals surface area contributed by atoms with E-state index in [-0.39, 0.29) is 17.0 Å². The number of imide groups is 1. The van der Waals surface area contributed by atoms with Gasteiger partial charge in [-0.3, -0.25) is 19.2 Å². The Balaban J connectivity index is 1.40. The van der Waals surface area contributed by atoms with Crippen LogP contribution in [-0.4, -0.2) is 56.2 Å². The third-order valence-electron chi connectivity index (χ3n) is 6.23. The van der Waals surface area contributed by atoms with Crippen LogP contribution < -0.4 is 5.32 Å². The van der Waals surface area contributed by atoms with Crippen LogP contribution in [-0.2, 0) is 17.5 Å². The highest BCUT2D eigenvalue weighted by atomic mass is 32.2. The molecular weight excluding hydrogens is 500 g/mol. The summed E-state index contributed by atoms with van der Waals surface area (Å²) in [5.41, 5.74) is -0.0178. The number of aromatic nitrogens is 2. The number of halogens is 4. The number of carbonyl (C=O) groups excluding carboxylic acids is 2. The number of β-amino-alcohol motifs (C(OH)–C–C–N with tert-alkyl or cyclic N) is 1. The van der Waals surface area contributed by atoms with Gasteiger partial charge < -0.3 is 10.4 Å². The number of benzene rings is 2. The molecule has 5 rings (SSSR count). The molecule has 188 valence electrons. The van der Waals surface area contributed by atoms with E-state index in [0.29, 0.717) is 42.0 Å². The monoisotopic (exact) mass is 520 g/mol. The van der Waals surface area contributed by atoms with Gasteiger partial charge in [-0.05, 0) is 66.2 Å². The zero-order valence-electron chi connectivity index (χ0n) is 18.6. The van der Waals surface area contributed by atoms with Crippen LogP contribution in [0, 0.1) is 5.82 Å². The van der Waals surface area contributed by atoms with Gasteiger partial charge in [0.2, 0.25) is 0 Å². The number of rotatable bonds is 4. The van der Waals surface area contributed by atoms with Crippen LogP contribution in [0.15, 0.2) is 47.5 Å². The van der Waals surface area contributed by atoms with Crippen molar-refractivity contribution < 1.29 is 32.3 Å². The fraction of sp³-hybridized carbons (Fsp3) is 0.292. The molecule has 36 heavy (non-hydrogen) atoms. The molecule has 2 aromatic carbocycles.